The van der Waals surface area contributed by atoms with Crippen molar-refractivity contribution in [1.82, 2.24) is 30.0 Å². The molecule has 0 spiro atoms. The molecule has 20 heteroatoms. The molecule has 1 atom stereocenters. The summed E-state index contributed by atoms with van der Waals surface area (Å²) < 4.78 is 23.8. The third kappa shape index (κ3) is 9.53. The standard InChI is InChI=1S/C38H42N10O10/c39-33(50)32-26(43-34(51)27-21-58-36(44-27)23-8-9-41-29(18-23)42-19-22-4-5-22)20-47(46-32)11-13-56-15-17-57-16-14-55-12-10-40-25-3-1-2-24-31(25)38(54)48(37(24)53)28-6-7-30(49)45-35(28)52/h1-3,8-9,18,20-22,28,40H,4-7,10-17,19H2,(H2,39,50)(H,41,42)(H,43,51)(H,45,49,52). The number of nitrogens with one attached hydrogen (secondary N) is 4. The van der Waals surface area contributed by atoms with Gasteiger partial charge in [-0.2, -0.15) is 5.10 Å². The van der Waals surface area contributed by atoms with E-state index in [9.17, 15) is 28.8 Å². The smallest absolute Gasteiger partial charge is 0.277 e. The van der Waals surface area contributed by atoms with Crippen LogP contribution in [0.3, 0.4) is 0 Å². The molecule has 0 radical (unpaired) electrons. The van der Waals surface area contributed by atoms with E-state index >= 15 is 0 Å². The van der Waals surface area contributed by atoms with E-state index in [4.69, 9.17) is 24.4 Å². The van der Waals surface area contributed by atoms with Crippen molar-refractivity contribution in [1.29, 1.82) is 0 Å². The molecule has 58 heavy (non-hydrogen) atoms. The first-order valence-corrected chi connectivity index (χ1v) is 18.8. The first-order chi connectivity index (χ1) is 28.2. The van der Waals surface area contributed by atoms with Gasteiger partial charge in [0.15, 0.2) is 11.4 Å². The lowest BCUT2D eigenvalue weighted by atomic mass is 10.0. The number of nitrogens with two attached hydrogens (primary N) is 1. The van der Waals surface area contributed by atoms with Gasteiger partial charge in [0, 0.05) is 43.2 Å². The summed E-state index contributed by atoms with van der Waals surface area (Å²) in [4.78, 5) is 84.7. The number of fused-ring (bicyclic) bond motifs is 1. The normalized spacial score (nSPS) is 16.3. The highest BCUT2D eigenvalue weighted by Gasteiger charge is 2.45. The number of hydrogen-bond acceptors (Lipinski definition) is 15. The SMILES string of the molecule is NC(=O)c1nn(CCOCCOCCOCCNc2cccc3c2C(=O)N(C2CCC(=O)NC2=O)C3=O)cc1NC(=O)c1coc(-c2ccnc(NCC3CC3)c2)n1. The van der Waals surface area contributed by atoms with Crippen LogP contribution < -0.4 is 27.0 Å². The zero-order chi connectivity index (χ0) is 40.6. The summed E-state index contributed by atoms with van der Waals surface area (Å²) in [5.74, 6) is -2.09. The minimum Gasteiger partial charge on any atom is -0.444 e. The largest absolute Gasteiger partial charge is 0.444 e. The van der Waals surface area contributed by atoms with Crippen molar-refractivity contribution in [3.63, 3.8) is 0 Å². The molecule has 2 aliphatic heterocycles. The van der Waals surface area contributed by atoms with Crippen LogP contribution in [0.4, 0.5) is 17.2 Å². The van der Waals surface area contributed by atoms with Crippen molar-refractivity contribution in [2.45, 2.75) is 38.3 Å². The van der Waals surface area contributed by atoms with E-state index in [0.717, 1.165) is 11.4 Å². The lowest BCUT2D eigenvalue weighted by Crippen LogP contribution is -2.54. The molecular formula is C38H42N10O10. The molecule has 1 saturated carbocycles. The molecule has 304 valence electrons. The minimum absolute atomic E-state index is 0.000892. The number of rotatable bonds is 21. The van der Waals surface area contributed by atoms with Crippen LogP contribution in [0.2, 0.25) is 0 Å². The molecule has 1 aromatic carbocycles. The highest BCUT2D eigenvalue weighted by atomic mass is 16.5. The number of carbonyl (C=O) groups excluding carboxylic acids is 6. The fourth-order valence-electron chi connectivity index (χ4n) is 6.36. The highest BCUT2D eigenvalue weighted by molar-refractivity contribution is 6.25. The van der Waals surface area contributed by atoms with Crippen LogP contribution in [-0.4, -0.2) is 119 Å². The van der Waals surface area contributed by atoms with Crippen molar-refractivity contribution in [2.75, 3.05) is 68.7 Å². The van der Waals surface area contributed by atoms with E-state index in [1.165, 1.54) is 36.0 Å². The maximum atomic E-state index is 13.2. The van der Waals surface area contributed by atoms with Gasteiger partial charge in [0.05, 0.1) is 63.0 Å². The number of aromatic nitrogens is 4. The molecule has 5 heterocycles. The van der Waals surface area contributed by atoms with Crippen LogP contribution in [-0.2, 0) is 30.3 Å². The molecule has 3 aromatic heterocycles. The van der Waals surface area contributed by atoms with Gasteiger partial charge >= 0.3 is 0 Å². The first-order valence-electron chi connectivity index (χ1n) is 18.8. The molecular weight excluding hydrogens is 756 g/mol. The summed E-state index contributed by atoms with van der Waals surface area (Å²) in [6, 6.07) is 7.34. The fraction of sp³-hybridized carbons (Fsp3) is 0.395. The zero-order valence-electron chi connectivity index (χ0n) is 31.4. The molecule has 4 aromatic rings. The number of amides is 6. The zero-order valence-corrected chi connectivity index (χ0v) is 31.4. The van der Waals surface area contributed by atoms with Crippen LogP contribution in [0, 0.1) is 5.92 Å². The molecule has 1 unspecified atom stereocenters. The van der Waals surface area contributed by atoms with Gasteiger partial charge in [0.2, 0.25) is 17.7 Å². The topological polar surface area (TPSA) is 264 Å². The Morgan fingerprint density at radius 2 is 1.71 bits per heavy atom. The minimum atomic E-state index is -1.04. The number of imide groups is 2. The number of oxazole rings is 1. The Balaban J connectivity index is 0.774. The molecule has 3 aliphatic rings. The molecule has 0 bridgehead atoms. The average Bonchev–Trinajstić information content (AvgIpc) is 3.63. The van der Waals surface area contributed by atoms with E-state index in [0.29, 0.717) is 49.4 Å². The third-order valence-corrected chi connectivity index (χ3v) is 9.49. The van der Waals surface area contributed by atoms with Crippen molar-refractivity contribution in [2.24, 2.45) is 11.7 Å². The average molecular weight is 799 g/mol. The van der Waals surface area contributed by atoms with Crippen LogP contribution in [0.5, 0.6) is 0 Å². The van der Waals surface area contributed by atoms with Gasteiger partial charge in [-0.1, -0.05) is 6.07 Å². The number of primary amides is 1. The second kappa shape index (κ2) is 18.2. The Hall–Kier alpha value is -6.51. The summed E-state index contributed by atoms with van der Waals surface area (Å²) in [6.07, 6.45) is 6.88. The van der Waals surface area contributed by atoms with Gasteiger partial charge in [0.25, 0.3) is 23.6 Å². The van der Waals surface area contributed by atoms with E-state index in [1.807, 2.05) is 0 Å². The van der Waals surface area contributed by atoms with Crippen molar-refractivity contribution in [3.8, 4) is 11.5 Å². The van der Waals surface area contributed by atoms with Crippen LogP contribution in [0.1, 0.15) is 67.4 Å². The molecule has 7 rings (SSSR count). The first kappa shape index (κ1) is 39.7. The van der Waals surface area contributed by atoms with Crippen molar-refractivity contribution >= 4 is 52.6 Å². The van der Waals surface area contributed by atoms with E-state index < -0.39 is 41.5 Å². The number of benzene rings is 1. The van der Waals surface area contributed by atoms with E-state index in [1.54, 1.807) is 30.5 Å². The number of piperidine rings is 1. The number of ether oxygens (including phenoxy) is 3. The van der Waals surface area contributed by atoms with Crippen molar-refractivity contribution in [3.05, 3.63) is 71.5 Å². The Bertz CT molecular complexity index is 2200. The monoisotopic (exact) mass is 798 g/mol. The Labute approximate surface area is 331 Å². The Morgan fingerprint density at radius 3 is 2.47 bits per heavy atom. The lowest BCUT2D eigenvalue weighted by molar-refractivity contribution is -0.136. The predicted octanol–water partition coefficient (Wildman–Crippen LogP) is 1.67. The summed E-state index contributed by atoms with van der Waals surface area (Å²) in [5.41, 5.74) is 6.97. The number of anilines is 3. The summed E-state index contributed by atoms with van der Waals surface area (Å²) in [5, 5.41) is 15.4. The number of carbonyl (C=O) groups is 6. The van der Waals surface area contributed by atoms with Gasteiger partial charge in [-0.15, -0.1) is 0 Å². The second-order valence-electron chi connectivity index (χ2n) is 13.7. The van der Waals surface area contributed by atoms with Gasteiger partial charge in [0.1, 0.15) is 18.1 Å². The van der Waals surface area contributed by atoms with E-state index in [2.05, 4.69) is 36.3 Å². The maximum absolute atomic E-state index is 13.2. The predicted molar refractivity (Wildman–Crippen MR) is 204 cm³/mol. The van der Waals surface area contributed by atoms with Crippen LogP contribution in [0.25, 0.3) is 11.5 Å². The molecule has 6 amide bonds. The maximum Gasteiger partial charge on any atom is 0.277 e. The third-order valence-electron chi connectivity index (χ3n) is 9.49. The molecule has 20 nitrogen and oxygen atoms in total. The summed E-state index contributed by atoms with van der Waals surface area (Å²) in [6.45, 7) is 3.13. The number of pyridine rings is 1. The van der Waals surface area contributed by atoms with Gasteiger partial charge < -0.3 is 40.3 Å². The molecule has 1 saturated heterocycles. The molecule has 1 aliphatic carbocycles. The van der Waals surface area contributed by atoms with Crippen LogP contribution >= 0.6 is 0 Å². The Kier molecular flexibility index (Phi) is 12.4. The summed E-state index contributed by atoms with van der Waals surface area (Å²) in [7, 11) is 0. The van der Waals surface area contributed by atoms with Gasteiger partial charge in [-0.3, -0.25) is 43.7 Å². The quantitative estimate of drug-likeness (QED) is 0.0593. The second-order valence-corrected chi connectivity index (χ2v) is 13.7. The summed E-state index contributed by atoms with van der Waals surface area (Å²) >= 11 is 0. The van der Waals surface area contributed by atoms with E-state index in [-0.39, 0.29) is 73.3 Å². The molecule has 6 N–H and O–H groups in total. The molecule has 2 fully saturated rings. The van der Waals surface area contributed by atoms with Gasteiger partial charge in [-0.05, 0) is 49.4 Å². The number of hydrogen-bond donors (Lipinski definition) is 5. The Morgan fingerprint density at radius 1 is 0.931 bits per heavy atom. The van der Waals surface area contributed by atoms with Gasteiger partial charge in [-0.25, -0.2) is 9.97 Å². The lowest BCUT2D eigenvalue weighted by Gasteiger charge is -2.27. The highest BCUT2D eigenvalue weighted by Crippen LogP contribution is 2.32. The van der Waals surface area contributed by atoms with Crippen molar-refractivity contribution < 1.29 is 47.4 Å². The van der Waals surface area contributed by atoms with Crippen LogP contribution in [0.15, 0.2) is 53.4 Å². The fourth-order valence-corrected chi connectivity index (χ4v) is 6.36. The number of nitrogens with zero attached hydrogens (tertiary/aromatic N) is 5.